The van der Waals surface area contributed by atoms with Crippen LogP contribution in [0.5, 0.6) is 46.0 Å². The summed E-state index contributed by atoms with van der Waals surface area (Å²) in [6, 6.07) is 11.6. The normalized spacial score (nSPS) is 14.7. The van der Waals surface area contributed by atoms with Crippen LogP contribution in [-0.4, -0.2) is 276 Å². The SMILES string of the molecule is OC[C@H](O)COc1cc2c(cc1OC[C@@H](O)CO)-c1nc-2nc2[nH]c(nc3nc(nc4[nH]c(n1)c1cc(OC[C@@H](O)CO)c(OC[C@@H](O)CO)cc41)-c1cc(OC[C@@H](O)CO)c(OC[C@@H](O)CO)cc1-3)c1cc(OC[C@@H](O)CO)c(OC[C@@H](O)CO)cc21. The molecule has 0 unspecified atom stereocenters. The van der Waals surface area contributed by atoms with Gasteiger partial charge in [0, 0.05) is 43.8 Å². The number of nitrogens with zero attached hydrogens (tertiary/aromatic N) is 6. The molecule has 4 aromatic carbocycles. The lowest BCUT2D eigenvalue weighted by Gasteiger charge is -2.17. The van der Waals surface area contributed by atoms with Gasteiger partial charge >= 0.3 is 0 Å². The summed E-state index contributed by atoms with van der Waals surface area (Å²) in [5, 5.41) is 162. The van der Waals surface area contributed by atoms with Crippen LogP contribution >= 0.6 is 0 Å². The molecule has 474 valence electrons. The number of nitrogens with one attached hydrogen (secondary N) is 2. The number of rotatable bonds is 32. The van der Waals surface area contributed by atoms with Gasteiger partial charge in [-0.25, -0.2) is 29.9 Å². The van der Waals surface area contributed by atoms with Crippen LogP contribution in [0.25, 0.3) is 89.7 Å². The van der Waals surface area contributed by atoms with Crippen LogP contribution in [0.15, 0.2) is 48.5 Å². The van der Waals surface area contributed by atoms with Gasteiger partial charge in [0.25, 0.3) is 0 Å². The third kappa shape index (κ3) is 14.9. The molecule has 0 aliphatic carbocycles. The van der Waals surface area contributed by atoms with E-state index in [0.717, 1.165) is 0 Å². The van der Waals surface area contributed by atoms with Crippen molar-refractivity contribution in [1.29, 1.82) is 0 Å². The standard InChI is InChI=1S/C56H66N8O24/c65-9-25(73)17-81-41-1-33-34(2-42(41)82-18-26(74)10-66)50-57-49(33)61-51-35-3-43(83-19-27(75)11-67)44(84-20-28(76)12-68)4-36(35)53(58-51)63-55-39-7-47(87-23-31(79)15-71)48(88-24-32(80)16-72)8-40(39)56(60-55)64-54-38-6-46(86-22-30(78)14-70)45(85-21-29(77)13-69)5-37(38)52(59-54)62-50/h1-8,25-32,65-80H,9-24H2,(H2,57,58,59,60,61,62,63,64)/t25-,26-,27-,28-,29-,30-,31-,32-/m0/s1. The second kappa shape index (κ2) is 29.3. The third-order valence-corrected chi connectivity index (χ3v) is 13.2. The van der Waals surface area contributed by atoms with E-state index in [1.807, 2.05) is 0 Å². The number of fused-ring (bicyclic) bond motifs is 20. The monoisotopic (exact) mass is 1230 g/mol. The molecule has 8 atom stereocenters. The second-order valence-electron chi connectivity index (χ2n) is 20.2. The molecule has 88 heavy (non-hydrogen) atoms. The van der Waals surface area contributed by atoms with E-state index < -0.39 is 155 Å². The van der Waals surface area contributed by atoms with Gasteiger partial charge in [0.15, 0.2) is 69.3 Å². The Kier molecular flexibility index (Phi) is 21.5. The molecule has 0 saturated carbocycles. The highest BCUT2D eigenvalue weighted by Gasteiger charge is 2.29. The summed E-state index contributed by atoms with van der Waals surface area (Å²) in [6.07, 6.45) is -11.0. The summed E-state index contributed by atoms with van der Waals surface area (Å²) in [6.45, 7) is -9.19. The number of aromatic nitrogens is 8. The topological polar surface area (TPSA) is 506 Å². The maximum atomic E-state index is 10.4. The van der Waals surface area contributed by atoms with Gasteiger partial charge in [0.1, 0.15) is 124 Å². The smallest absolute Gasteiger partial charge is 0.164 e. The number of H-pyrrole nitrogens is 2. The average molecular weight is 1240 g/mol. The molecule has 0 amide bonds. The zero-order valence-corrected chi connectivity index (χ0v) is 46.7. The van der Waals surface area contributed by atoms with Crippen molar-refractivity contribution in [2.75, 3.05) is 106 Å². The molecule has 9 rings (SSSR count). The molecule has 0 saturated heterocycles. The summed E-state index contributed by atoms with van der Waals surface area (Å²) in [7, 11) is 0. The minimum absolute atomic E-state index is 0.00471. The summed E-state index contributed by atoms with van der Waals surface area (Å²) in [5.41, 5.74) is 0.817. The zero-order valence-electron chi connectivity index (χ0n) is 46.7. The number of aliphatic hydroxyl groups excluding tert-OH is 16. The first kappa shape index (κ1) is 64.5. The first-order valence-electron chi connectivity index (χ1n) is 27.4. The van der Waals surface area contributed by atoms with Crippen molar-refractivity contribution in [1.82, 2.24) is 39.9 Å². The van der Waals surface area contributed by atoms with Gasteiger partial charge in [-0.2, -0.15) is 0 Å². The molecule has 0 spiro atoms. The van der Waals surface area contributed by atoms with E-state index in [9.17, 15) is 81.7 Å². The zero-order chi connectivity index (χ0) is 62.8. The Morgan fingerprint density at radius 1 is 0.250 bits per heavy atom. The predicted octanol–water partition coefficient (Wildman–Crippen LogP) is -3.27. The summed E-state index contributed by atoms with van der Waals surface area (Å²) < 4.78 is 47.8. The highest BCUT2D eigenvalue weighted by molar-refractivity contribution is 6.08. The third-order valence-electron chi connectivity index (χ3n) is 13.2. The van der Waals surface area contributed by atoms with Crippen molar-refractivity contribution in [2.24, 2.45) is 0 Å². The number of hydrogen-bond donors (Lipinski definition) is 18. The molecule has 0 fully saturated rings. The van der Waals surface area contributed by atoms with Crippen molar-refractivity contribution in [2.45, 2.75) is 48.8 Å². The summed E-state index contributed by atoms with van der Waals surface area (Å²) >= 11 is 0. The molecule has 5 heterocycles. The first-order chi connectivity index (χ1) is 42.5. The summed E-state index contributed by atoms with van der Waals surface area (Å²) in [5.74, 6) is -0.769. The van der Waals surface area contributed by atoms with E-state index in [-0.39, 0.29) is 136 Å². The molecule has 8 bridgehead atoms. The number of aliphatic hydroxyl groups is 16. The Balaban J connectivity index is 1.44. The Hall–Kier alpha value is -8.00. The Labute approximate surface area is 496 Å². The van der Waals surface area contributed by atoms with Gasteiger partial charge < -0.3 is 130 Å². The van der Waals surface area contributed by atoms with Gasteiger partial charge in [-0.1, -0.05) is 0 Å². The van der Waals surface area contributed by atoms with Gasteiger partial charge in [-0.15, -0.1) is 0 Å². The lowest BCUT2D eigenvalue weighted by molar-refractivity contribution is 0.0448. The molecule has 0 radical (unpaired) electrons. The molecule has 2 aliphatic heterocycles. The van der Waals surface area contributed by atoms with Crippen LogP contribution in [0.2, 0.25) is 0 Å². The maximum absolute atomic E-state index is 10.4. The van der Waals surface area contributed by atoms with Gasteiger partial charge in [0.05, 0.1) is 52.9 Å². The Bertz CT molecular complexity index is 3260. The van der Waals surface area contributed by atoms with Crippen LogP contribution < -0.4 is 37.9 Å². The number of hydrogen-bond acceptors (Lipinski definition) is 30. The molecular weight excluding hydrogens is 1170 g/mol. The number of aromatic amines is 2. The van der Waals surface area contributed by atoms with Crippen molar-refractivity contribution >= 4 is 44.1 Å². The van der Waals surface area contributed by atoms with Crippen molar-refractivity contribution < 1.29 is 120 Å². The molecule has 3 aromatic heterocycles. The summed E-state index contributed by atoms with van der Waals surface area (Å²) in [4.78, 5) is 36.4. The van der Waals surface area contributed by atoms with Crippen LogP contribution in [0.3, 0.4) is 0 Å². The highest BCUT2D eigenvalue weighted by Crippen LogP contribution is 2.46. The fraction of sp³-hybridized carbons (Fsp3) is 0.429. The molecule has 2 aliphatic rings. The van der Waals surface area contributed by atoms with Crippen molar-refractivity contribution in [3.8, 4) is 91.5 Å². The Morgan fingerprint density at radius 2 is 0.409 bits per heavy atom. The van der Waals surface area contributed by atoms with Gasteiger partial charge in [-0.3, -0.25) is 0 Å². The van der Waals surface area contributed by atoms with Gasteiger partial charge in [0.2, 0.25) is 0 Å². The van der Waals surface area contributed by atoms with Crippen LogP contribution in [0, 0.1) is 0 Å². The molecular formula is C56H66N8O24. The van der Waals surface area contributed by atoms with E-state index in [1.54, 1.807) is 0 Å². The number of benzene rings is 4. The molecule has 32 nitrogen and oxygen atoms in total. The Morgan fingerprint density at radius 3 is 0.568 bits per heavy atom. The van der Waals surface area contributed by atoms with E-state index in [0.29, 0.717) is 0 Å². The second-order valence-corrected chi connectivity index (χ2v) is 20.2. The van der Waals surface area contributed by atoms with Crippen LogP contribution in [-0.2, 0) is 0 Å². The van der Waals surface area contributed by atoms with E-state index >= 15 is 0 Å². The molecule has 32 heteroatoms. The fourth-order valence-electron chi connectivity index (χ4n) is 8.63. The lowest BCUT2D eigenvalue weighted by atomic mass is 10.1. The first-order valence-corrected chi connectivity index (χ1v) is 27.4. The van der Waals surface area contributed by atoms with Crippen molar-refractivity contribution in [3.05, 3.63) is 48.5 Å². The lowest BCUT2D eigenvalue weighted by Crippen LogP contribution is -2.23. The van der Waals surface area contributed by atoms with E-state index in [4.69, 9.17) is 67.8 Å². The van der Waals surface area contributed by atoms with Gasteiger partial charge in [-0.05, 0) is 48.5 Å². The molecule has 7 aromatic rings. The average Bonchev–Trinajstić information content (AvgIpc) is 4.43. The minimum Gasteiger partial charge on any atom is -0.487 e. The van der Waals surface area contributed by atoms with Crippen molar-refractivity contribution in [3.63, 3.8) is 0 Å². The minimum atomic E-state index is -1.37. The number of ether oxygens (including phenoxy) is 8. The highest BCUT2D eigenvalue weighted by atomic mass is 16.6. The largest absolute Gasteiger partial charge is 0.487 e. The maximum Gasteiger partial charge on any atom is 0.164 e. The van der Waals surface area contributed by atoms with Crippen LogP contribution in [0.1, 0.15) is 0 Å². The fourth-order valence-corrected chi connectivity index (χ4v) is 8.63. The van der Waals surface area contributed by atoms with E-state index in [2.05, 4.69) is 9.97 Å². The van der Waals surface area contributed by atoms with Crippen LogP contribution in [0.4, 0.5) is 0 Å². The predicted molar refractivity (Wildman–Crippen MR) is 305 cm³/mol. The molecule has 18 N–H and O–H groups in total. The van der Waals surface area contributed by atoms with E-state index in [1.165, 1.54) is 48.5 Å². The quantitative estimate of drug-likeness (QED) is 0.0197.